The summed E-state index contributed by atoms with van der Waals surface area (Å²) in [5.41, 5.74) is 3.05. The number of allylic oxidation sites excluding steroid dienone is 3. The molecule has 0 bridgehead atoms. The first-order valence-corrected chi connectivity index (χ1v) is 23.9. The Morgan fingerprint density at radius 3 is 1.52 bits per heavy atom. The van der Waals surface area contributed by atoms with Crippen LogP contribution in [0.5, 0.6) is 0 Å². The van der Waals surface area contributed by atoms with Crippen LogP contribution in [0.1, 0.15) is 247 Å². The van der Waals surface area contributed by atoms with Crippen molar-refractivity contribution in [3.05, 3.63) is 23.3 Å². The molecule has 4 atom stereocenters. The monoisotopic (exact) mass is 757 g/mol. The molecule has 2 rings (SSSR count). The van der Waals surface area contributed by atoms with Crippen molar-refractivity contribution in [2.75, 3.05) is 13.2 Å². The van der Waals surface area contributed by atoms with E-state index in [1.54, 1.807) is 0 Å². The number of esters is 1. The van der Waals surface area contributed by atoms with E-state index in [9.17, 15) is 9.90 Å². The van der Waals surface area contributed by atoms with Crippen molar-refractivity contribution in [2.45, 2.75) is 253 Å². The number of rotatable bonds is 34. The standard InChI is InChI=1S/C50H92O4/c1-43(34-36-45-44(2)35-37-46-49(3,4)47(52)38-40-50(45,46)5)39-42-54-48(53)33-31-29-27-25-23-21-19-17-15-13-11-9-7-6-8-10-12-14-16-18-20-22-24-26-28-30-32-41-51/h35,39,45-47,51-52H,6-34,36-38,40-42H2,1-5H3/b43-39+/t45-,46-,47-,50+/m1/s1. The van der Waals surface area contributed by atoms with Gasteiger partial charge >= 0.3 is 5.97 Å². The Morgan fingerprint density at radius 1 is 0.685 bits per heavy atom. The van der Waals surface area contributed by atoms with E-state index in [0.29, 0.717) is 31.5 Å². The molecular weight excluding hydrogens is 665 g/mol. The zero-order valence-corrected chi connectivity index (χ0v) is 36.8. The van der Waals surface area contributed by atoms with E-state index in [1.165, 1.54) is 165 Å². The first-order chi connectivity index (χ1) is 26.1. The molecule has 2 aliphatic rings. The van der Waals surface area contributed by atoms with Crippen LogP contribution in [0, 0.1) is 22.7 Å². The number of hydrogen-bond acceptors (Lipinski definition) is 4. The van der Waals surface area contributed by atoms with E-state index >= 15 is 0 Å². The lowest BCUT2D eigenvalue weighted by Gasteiger charge is -2.58. The number of carbonyl (C=O) groups excluding carboxylic acids is 1. The normalized spacial score (nSPS) is 22.6. The molecule has 2 aliphatic carbocycles. The second-order valence-corrected chi connectivity index (χ2v) is 19.0. The molecule has 316 valence electrons. The van der Waals surface area contributed by atoms with Crippen LogP contribution >= 0.6 is 0 Å². The maximum absolute atomic E-state index is 12.3. The molecule has 54 heavy (non-hydrogen) atoms. The van der Waals surface area contributed by atoms with Gasteiger partial charge in [-0.1, -0.05) is 199 Å². The summed E-state index contributed by atoms with van der Waals surface area (Å²) in [7, 11) is 0. The van der Waals surface area contributed by atoms with Crippen molar-refractivity contribution in [2.24, 2.45) is 22.7 Å². The van der Waals surface area contributed by atoms with Crippen LogP contribution in [-0.2, 0) is 9.53 Å². The van der Waals surface area contributed by atoms with Crippen molar-refractivity contribution >= 4 is 5.97 Å². The Kier molecular flexibility index (Phi) is 27.2. The Labute approximate surface area is 336 Å². The number of unbranched alkanes of at least 4 members (excludes halogenated alkanes) is 26. The highest BCUT2D eigenvalue weighted by molar-refractivity contribution is 5.69. The molecule has 0 aromatic heterocycles. The molecule has 0 spiro atoms. The van der Waals surface area contributed by atoms with E-state index in [0.717, 1.165) is 51.4 Å². The van der Waals surface area contributed by atoms with Crippen molar-refractivity contribution < 1.29 is 19.7 Å². The van der Waals surface area contributed by atoms with Gasteiger partial charge < -0.3 is 14.9 Å². The highest BCUT2D eigenvalue weighted by atomic mass is 16.5. The van der Waals surface area contributed by atoms with E-state index in [-0.39, 0.29) is 22.9 Å². The van der Waals surface area contributed by atoms with Crippen LogP contribution in [0.15, 0.2) is 23.3 Å². The molecule has 0 unspecified atom stereocenters. The maximum atomic E-state index is 12.3. The Balaban J connectivity index is 1.32. The number of carbonyl (C=O) groups is 1. The lowest BCUT2D eigenvalue weighted by molar-refractivity contribution is -0.142. The second-order valence-electron chi connectivity index (χ2n) is 19.0. The molecule has 0 aromatic carbocycles. The van der Waals surface area contributed by atoms with Gasteiger partial charge in [0.05, 0.1) is 6.10 Å². The van der Waals surface area contributed by atoms with E-state index in [1.807, 2.05) is 0 Å². The molecule has 2 N–H and O–H groups in total. The molecule has 0 radical (unpaired) electrons. The minimum absolute atomic E-state index is 0.0383. The summed E-state index contributed by atoms with van der Waals surface area (Å²) in [6.45, 7) is 12.3. The van der Waals surface area contributed by atoms with Gasteiger partial charge in [0.1, 0.15) is 6.61 Å². The SMILES string of the molecule is CC1=CC[C@@H]2C(C)(C)[C@H](O)CC[C@@]2(C)[C@@H]1CC/C(C)=C/COC(=O)CCCCCCCCCCCCCCCCCCCCCCCCCCCCCO. The maximum Gasteiger partial charge on any atom is 0.306 e. The van der Waals surface area contributed by atoms with Crippen LogP contribution in [0.4, 0.5) is 0 Å². The van der Waals surface area contributed by atoms with E-state index in [2.05, 4.69) is 46.8 Å². The van der Waals surface area contributed by atoms with Gasteiger partial charge in [-0.3, -0.25) is 4.79 Å². The molecular formula is C50H92O4. The van der Waals surface area contributed by atoms with Gasteiger partial charge in [-0.2, -0.15) is 0 Å². The molecule has 4 nitrogen and oxygen atoms in total. The minimum atomic E-state index is -0.199. The predicted molar refractivity (Wildman–Crippen MR) is 233 cm³/mol. The van der Waals surface area contributed by atoms with Gasteiger partial charge in [-0.25, -0.2) is 0 Å². The fourth-order valence-corrected chi connectivity index (χ4v) is 10.2. The van der Waals surface area contributed by atoms with Gasteiger partial charge in [0.25, 0.3) is 0 Å². The second kappa shape index (κ2) is 30.0. The highest BCUT2D eigenvalue weighted by Crippen LogP contribution is 2.60. The van der Waals surface area contributed by atoms with Crippen LogP contribution < -0.4 is 0 Å². The Morgan fingerprint density at radius 2 is 1.09 bits per heavy atom. The van der Waals surface area contributed by atoms with E-state index < -0.39 is 0 Å². The van der Waals surface area contributed by atoms with Crippen LogP contribution in [0.3, 0.4) is 0 Å². The average Bonchev–Trinajstić information content (AvgIpc) is 3.14. The Bertz CT molecular complexity index is 997. The fourth-order valence-electron chi connectivity index (χ4n) is 10.2. The van der Waals surface area contributed by atoms with Gasteiger partial charge in [0.2, 0.25) is 0 Å². The van der Waals surface area contributed by atoms with Crippen LogP contribution in [-0.4, -0.2) is 35.5 Å². The number of aliphatic hydroxyl groups is 2. The molecule has 0 amide bonds. The zero-order valence-electron chi connectivity index (χ0n) is 36.8. The largest absolute Gasteiger partial charge is 0.461 e. The summed E-state index contributed by atoms with van der Waals surface area (Å²) < 4.78 is 5.57. The summed E-state index contributed by atoms with van der Waals surface area (Å²) in [4.78, 5) is 12.3. The Hall–Kier alpha value is -1.13. The van der Waals surface area contributed by atoms with Crippen molar-refractivity contribution in [1.82, 2.24) is 0 Å². The smallest absolute Gasteiger partial charge is 0.306 e. The van der Waals surface area contributed by atoms with Crippen molar-refractivity contribution in [3.63, 3.8) is 0 Å². The molecule has 0 heterocycles. The number of hydrogen-bond donors (Lipinski definition) is 2. The average molecular weight is 757 g/mol. The molecule has 0 aliphatic heterocycles. The first kappa shape index (κ1) is 49.0. The lowest BCUT2D eigenvalue weighted by atomic mass is 9.47. The molecule has 1 fully saturated rings. The molecule has 1 saturated carbocycles. The highest BCUT2D eigenvalue weighted by Gasteiger charge is 2.54. The molecule has 0 saturated heterocycles. The number of fused-ring (bicyclic) bond motifs is 1. The summed E-state index contributed by atoms with van der Waals surface area (Å²) in [5.74, 6) is 1.03. The third kappa shape index (κ3) is 20.3. The molecule has 0 aromatic rings. The minimum Gasteiger partial charge on any atom is -0.461 e. The van der Waals surface area contributed by atoms with Crippen molar-refractivity contribution in [1.29, 1.82) is 0 Å². The van der Waals surface area contributed by atoms with Gasteiger partial charge in [0.15, 0.2) is 0 Å². The zero-order chi connectivity index (χ0) is 39.3. The predicted octanol–water partition coefficient (Wildman–Crippen LogP) is 14.9. The molecule has 4 heteroatoms. The third-order valence-electron chi connectivity index (χ3n) is 14.1. The summed E-state index contributed by atoms with van der Waals surface area (Å²) in [5, 5.41) is 19.6. The summed E-state index contributed by atoms with van der Waals surface area (Å²) in [6, 6.07) is 0. The number of ether oxygens (including phenoxy) is 1. The quantitative estimate of drug-likeness (QED) is 0.0390. The van der Waals surface area contributed by atoms with Crippen molar-refractivity contribution in [3.8, 4) is 0 Å². The van der Waals surface area contributed by atoms with Gasteiger partial charge in [0, 0.05) is 13.0 Å². The van der Waals surface area contributed by atoms with E-state index in [4.69, 9.17) is 9.84 Å². The van der Waals surface area contributed by atoms with Crippen LogP contribution in [0.25, 0.3) is 0 Å². The van der Waals surface area contributed by atoms with Crippen LogP contribution in [0.2, 0.25) is 0 Å². The summed E-state index contributed by atoms with van der Waals surface area (Å²) >= 11 is 0. The third-order valence-corrected chi connectivity index (χ3v) is 14.1. The lowest BCUT2D eigenvalue weighted by Crippen LogP contribution is -2.54. The fraction of sp³-hybridized carbons (Fsp3) is 0.900. The first-order valence-electron chi connectivity index (χ1n) is 23.9. The topological polar surface area (TPSA) is 66.8 Å². The van der Waals surface area contributed by atoms with Gasteiger partial charge in [-0.05, 0) is 87.5 Å². The number of aliphatic hydroxyl groups excluding tert-OH is 2. The van der Waals surface area contributed by atoms with Gasteiger partial charge in [-0.15, -0.1) is 0 Å². The summed E-state index contributed by atoms with van der Waals surface area (Å²) in [6.07, 6.45) is 46.7.